The average molecular weight is 378 g/mol. The molecule has 0 unspecified atom stereocenters. The lowest BCUT2D eigenvalue weighted by Gasteiger charge is -2.14. The maximum atomic E-state index is 12.6. The Hall–Kier alpha value is -2.99. The maximum Gasteiger partial charge on any atom is 0.342 e. The number of hydrogen-bond acceptors (Lipinski definition) is 6. The largest absolute Gasteiger partial charge is 0.490 e. The van der Waals surface area contributed by atoms with E-state index in [0.29, 0.717) is 23.6 Å². The van der Waals surface area contributed by atoms with Crippen LogP contribution in [0.25, 0.3) is 11.0 Å². The van der Waals surface area contributed by atoms with E-state index in [-0.39, 0.29) is 12.7 Å². The van der Waals surface area contributed by atoms with Crippen molar-refractivity contribution in [2.75, 3.05) is 13.2 Å². The molecule has 1 aliphatic heterocycles. The molecule has 0 N–H and O–H groups in total. The van der Waals surface area contributed by atoms with Gasteiger partial charge in [0.15, 0.2) is 0 Å². The Morgan fingerprint density at radius 2 is 1.86 bits per heavy atom. The molecule has 0 spiro atoms. The summed E-state index contributed by atoms with van der Waals surface area (Å²) in [6, 6.07) is 14.7. The molecule has 1 atom stereocenters. The van der Waals surface area contributed by atoms with Crippen LogP contribution in [0.4, 0.5) is 0 Å². The average Bonchev–Trinajstić information content (AvgIpc) is 3.24. The van der Waals surface area contributed by atoms with Crippen LogP contribution in [0.1, 0.15) is 34.6 Å². The third kappa shape index (κ3) is 4.12. The maximum absolute atomic E-state index is 12.6. The number of aryl methyl sites for hydroxylation is 1. The molecule has 1 aromatic heterocycles. The smallest absolute Gasteiger partial charge is 0.342 e. The van der Waals surface area contributed by atoms with Gasteiger partial charge in [0.2, 0.25) is 0 Å². The van der Waals surface area contributed by atoms with Gasteiger partial charge < -0.3 is 14.2 Å². The number of hydrogen-bond donors (Lipinski definition) is 0. The van der Waals surface area contributed by atoms with Crippen LogP contribution in [0.3, 0.4) is 0 Å². The molecular weight excluding hydrogens is 356 g/mol. The molecule has 2 aromatic carbocycles. The summed E-state index contributed by atoms with van der Waals surface area (Å²) in [6.07, 6.45) is 2.11. The van der Waals surface area contributed by atoms with Crippen molar-refractivity contribution in [3.05, 3.63) is 65.5 Å². The zero-order chi connectivity index (χ0) is 19.3. The van der Waals surface area contributed by atoms with Gasteiger partial charge in [0.05, 0.1) is 28.5 Å². The molecule has 4 rings (SSSR count). The fraction of sp³-hybridized carbons (Fsp3) is 0.318. The Bertz CT molecular complexity index is 983. The lowest BCUT2D eigenvalue weighted by Crippen LogP contribution is -2.18. The second-order valence-electron chi connectivity index (χ2n) is 6.76. The number of benzene rings is 2. The SMILES string of the molecule is Cc1nc2ccccc2nc1COC(=O)c1ccccc1OC[C@@H]1CCCO1. The number of carbonyl (C=O) groups excluding carboxylic acids is 1. The topological polar surface area (TPSA) is 70.5 Å². The van der Waals surface area contributed by atoms with Gasteiger partial charge in [-0.25, -0.2) is 14.8 Å². The van der Waals surface area contributed by atoms with Crippen molar-refractivity contribution < 1.29 is 19.0 Å². The van der Waals surface area contributed by atoms with E-state index >= 15 is 0 Å². The van der Waals surface area contributed by atoms with Crippen molar-refractivity contribution >= 4 is 17.0 Å². The quantitative estimate of drug-likeness (QED) is 0.607. The predicted octanol–water partition coefficient (Wildman–Crippen LogP) is 3.85. The standard InChI is InChI=1S/C22H22N2O4/c1-15-20(24-19-10-4-3-9-18(19)23-15)14-28-22(25)17-8-2-5-11-21(17)27-13-16-7-6-12-26-16/h2-5,8-11,16H,6-7,12-14H2,1H3/t16-/m0/s1. The number of ether oxygens (including phenoxy) is 3. The van der Waals surface area contributed by atoms with E-state index in [2.05, 4.69) is 9.97 Å². The highest BCUT2D eigenvalue weighted by molar-refractivity contribution is 5.92. The first-order valence-electron chi connectivity index (χ1n) is 9.43. The zero-order valence-electron chi connectivity index (χ0n) is 15.8. The van der Waals surface area contributed by atoms with Crippen LogP contribution in [0.2, 0.25) is 0 Å². The molecule has 2 heterocycles. The normalized spacial score (nSPS) is 16.2. The Morgan fingerprint density at radius 3 is 2.64 bits per heavy atom. The Labute approximate surface area is 163 Å². The van der Waals surface area contributed by atoms with E-state index in [1.54, 1.807) is 18.2 Å². The van der Waals surface area contributed by atoms with Crippen molar-refractivity contribution in [1.82, 2.24) is 9.97 Å². The molecule has 144 valence electrons. The molecule has 0 radical (unpaired) electrons. The molecule has 0 amide bonds. The van der Waals surface area contributed by atoms with E-state index in [9.17, 15) is 4.79 Å². The highest BCUT2D eigenvalue weighted by Gasteiger charge is 2.19. The molecule has 6 heteroatoms. The minimum Gasteiger partial charge on any atom is -0.490 e. The van der Waals surface area contributed by atoms with Crippen LogP contribution in [-0.2, 0) is 16.1 Å². The van der Waals surface area contributed by atoms with Gasteiger partial charge in [0.25, 0.3) is 0 Å². The lowest BCUT2D eigenvalue weighted by molar-refractivity contribution is 0.0449. The number of nitrogens with zero attached hydrogens (tertiary/aromatic N) is 2. The Morgan fingerprint density at radius 1 is 1.11 bits per heavy atom. The first-order valence-corrected chi connectivity index (χ1v) is 9.43. The van der Waals surface area contributed by atoms with E-state index in [0.717, 1.165) is 36.2 Å². The van der Waals surface area contributed by atoms with Gasteiger partial charge in [-0.3, -0.25) is 0 Å². The molecule has 1 saturated heterocycles. The summed E-state index contributed by atoms with van der Waals surface area (Å²) in [5, 5.41) is 0. The molecule has 3 aromatic rings. The summed E-state index contributed by atoms with van der Waals surface area (Å²) < 4.78 is 16.9. The summed E-state index contributed by atoms with van der Waals surface area (Å²) in [5.74, 6) is 0.0571. The molecule has 0 saturated carbocycles. The number of aromatic nitrogens is 2. The van der Waals surface area contributed by atoms with Gasteiger partial charge in [0, 0.05) is 6.61 Å². The summed E-state index contributed by atoms with van der Waals surface area (Å²) in [4.78, 5) is 21.7. The highest BCUT2D eigenvalue weighted by Crippen LogP contribution is 2.22. The van der Waals surface area contributed by atoms with Crippen molar-refractivity contribution in [2.45, 2.75) is 32.5 Å². The van der Waals surface area contributed by atoms with E-state index < -0.39 is 5.97 Å². The zero-order valence-corrected chi connectivity index (χ0v) is 15.8. The molecular formula is C22H22N2O4. The van der Waals surface area contributed by atoms with Gasteiger partial charge in [-0.2, -0.15) is 0 Å². The fourth-order valence-corrected chi connectivity index (χ4v) is 3.19. The second kappa shape index (κ2) is 8.35. The molecule has 1 aliphatic rings. The number of esters is 1. The first-order chi connectivity index (χ1) is 13.7. The van der Waals surface area contributed by atoms with Crippen molar-refractivity contribution in [1.29, 1.82) is 0 Å². The van der Waals surface area contributed by atoms with Gasteiger partial charge in [-0.1, -0.05) is 24.3 Å². The van der Waals surface area contributed by atoms with Crippen LogP contribution in [0, 0.1) is 6.92 Å². The first kappa shape index (κ1) is 18.4. The summed E-state index contributed by atoms with van der Waals surface area (Å²) >= 11 is 0. The van der Waals surface area contributed by atoms with Crippen molar-refractivity contribution in [2.24, 2.45) is 0 Å². The monoisotopic (exact) mass is 378 g/mol. The van der Waals surface area contributed by atoms with Crippen LogP contribution in [0.5, 0.6) is 5.75 Å². The predicted molar refractivity (Wildman–Crippen MR) is 104 cm³/mol. The van der Waals surface area contributed by atoms with Crippen LogP contribution in [-0.4, -0.2) is 35.3 Å². The second-order valence-corrected chi connectivity index (χ2v) is 6.76. The van der Waals surface area contributed by atoms with Crippen LogP contribution < -0.4 is 4.74 Å². The lowest BCUT2D eigenvalue weighted by atomic mass is 10.2. The van der Waals surface area contributed by atoms with Crippen LogP contribution in [0.15, 0.2) is 48.5 Å². The van der Waals surface area contributed by atoms with E-state index in [1.165, 1.54) is 0 Å². The van der Waals surface area contributed by atoms with E-state index in [4.69, 9.17) is 14.2 Å². The minimum atomic E-state index is -0.447. The molecule has 0 bridgehead atoms. The van der Waals surface area contributed by atoms with Gasteiger partial charge >= 0.3 is 5.97 Å². The molecule has 0 aliphatic carbocycles. The third-order valence-electron chi connectivity index (χ3n) is 4.74. The molecule has 1 fully saturated rings. The van der Waals surface area contributed by atoms with Crippen LogP contribution >= 0.6 is 0 Å². The minimum absolute atomic E-state index is 0.0581. The van der Waals surface area contributed by atoms with Crippen molar-refractivity contribution in [3.8, 4) is 5.75 Å². The van der Waals surface area contributed by atoms with Crippen molar-refractivity contribution in [3.63, 3.8) is 0 Å². The number of carbonyl (C=O) groups is 1. The van der Waals surface area contributed by atoms with Gasteiger partial charge in [-0.05, 0) is 44.0 Å². The Balaban J connectivity index is 1.44. The Kier molecular flexibility index (Phi) is 5.48. The summed E-state index contributed by atoms with van der Waals surface area (Å²) in [7, 11) is 0. The summed E-state index contributed by atoms with van der Waals surface area (Å²) in [6.45, 7) is 3.12. The number of rotatable bonds is 6. The van der Waals surface area contributed by atoms with E-state index in [1.807, 2.05) is 37.3 Å². The molecule has 28 heavy (non-hydrogen) atoms. The summed E-state index contributed by atoms with van der Waals surface area (Å²) in [5.41, 5.74) is 3.38. The number of para-hydroxylation sites is 3. The third-order valence-corrected chi connectivity index (χ3v) is 4.74. The highest BCUT2D eigenvalue weighted by atomic mass is 16.5. The van der Waals surface area contributed by atoms with Gasteiger partial charge in [0.1, 0.15) is 24.5 Å². The van der Waals surface area contributed by atoms with Gasteiger partial charge in [-0.15, -0.1) is 0 Å². The molecule has 6 nitrogen and oxygen atoms in total. The fourth-order valence-electron chi connectivity index (χ4n) is 3.19. The number of fused-ring (bicyclic) bond motifs is 1.